The fourth-order valence-electron chi connectivity index (χ4n) is 2.58. The van der Waals surface area contributed by atoms with E-state index in [2.05, 4.69) is 12.2 Å². The largest absolute Gasteiger partial charge is 0.405 e. The molecular weight excluding hydrogens is 265 g/mol. The van der Waals surface area contributed by atoms with E-state index in [9.17, 15) is 13.2 Å². The monoisotopic (exact) mass is 286 g/mol. The molecule has 2 nitrogen and oxygen atoms in total. The van der Waals surface area contributed by atoms with Crippen LogP contribution in [0, 0.1) is 0 Å². The van der Waals surface area contributed by atoms with Crippen LogP contribution in [0.15, 0.2) is 18.2 Å². The minimum atomic E-state index is -4.19. The summed E-state index contributed by atoms with van der Waals surface area (Å²) in [7, 11) is 0. The zero-order valence-corrected chi connectivity index (χ0v) is 12.1. The molecule has 112 valence electrons. The average molecular weight is 286 g/mol. The molecule has 1 aliphatic rings. The summed E-state index contributed by atoms with van der Waals surface area (Å²) in [6.07, 6.45) is -2.26. The third-order valence-corrected chi connectivity index (χ3v) is 3.64. The molecule has 1 aromatic carbocycles. The molecule has 0 bridgehead atoms. The lowest BCUT2D eigenvalue weighted by Gasteiger charge is -2.32. The van der Waals surface area contributed by atoms with Crippen LogP contribution in [0.4, 0.5) is 24.5 Å². The van der Waals surface area contributed by atoms with Crippen LogP contribution in [-0.4, -0.2) is 24.8 Å². The predicted octanol–water partition coefficient (Wildman–Crippen LogP) is 4.21. The maximum absolute atomic E-state index is 12.7. The van der Waals surface area contributed by atoms with Gasteiger partial charge in [-0.2, -0.15) is 13.2 Å². The normalized spacial score (nSPS) is 18.6. The zero-order chi connectivity index (χ0) is 14.9. The number of nitrogens with one attached hydrogen (secondary N) is 1. The molecule has 0 saturated carbocycles. The van der Waals surface area contributed by atoms with Gasteiger partial charge in [0.05, 0.1) is 0 Å². The maximum atomic E-state index is 12.7. The second kappa shape index (κ2) is 5.54. The van der Waals surface area contributed by atoms with E-state index in [1.165, 1.54) is 4.90 Å². The van der Waals surface area contributed by atoms with Crippen molar-refractivity contribution in [2.75, 3.05) is 16.8 Å². The van der Waals surface area contributed by atoms with E-state index in [-0.39, 0.29) is 6.04 Å². The Balaban J connectivity index is 2.26. The smallest absolute Gasteiger partial charge is 0.382 e. The Kier molecular flexibility index (Phi) is 4.16. The molecule has 0 amide bonds. The van der Waals surface area contributed by atoms with Gasteiger partial charge in [0.15, 0.2) is 0 Å². The average Bonchev–Trinajstić information content (AvgIpc) is 2.34. The summed E-state index contributed by atoms with van der Waals surface area (Å²) in [4.78, 5) is 1.40. The molecule has 0 fully saturated rings. The number of benzene rings is 1. The van der Waals surface area contributed by atoms with Gasteiger partial charge in [0, 0.05) is 23.5 Å². The van der Waals surface area contributed by atoms with Crippen molar-refractivity contribution in [1.82, 2.24) is 0 Å². The first-order chi connectivity index (χ1) is 9.26. The molecule has 1 unspecified atom stereocenters. The molecule has 0 aliphatic carbocycles. The van der Waals surface area contributed by atoms with Gasteiger partial charge >= 0.3 is 6.18 Å². The Morgan fingerprint density at radius 1 is 1.35 bits per heavy atom. The van der Waals surface area contributed by atoms with Crippen molar-refractivity contribution in [3.8, 4) is 0 Å². The SMILES string of the molecule is CC1CCc2cc(N(CC(F)(F)F)C(C)C)ccc2N1. The number of alkyl halides is 3. The first kappa shape index (κ1) is 15.0. The van der Waals surface area contributed by atoms with Crippen LogP contribution in [0.5, 0.6) is 0 Å². The van der Waals surface area contributed by atoms with Crippen LogP contribution < -0.4 is 10.2 Å². The third kappa shape index (κ3) is 3.58. The lowest BCUT2D eigenvalue weighted by molar-refractivity contribution is -0.120. The minimum Gasteiger partial charge on any atom is -0.382 e. The Hall–Kier alpha value is -1.39. The second-order valence-corrected chi connectivity index (χ2v) is 5.76. The molecule has 1 N–H and O–H groups in total. The molecule has 0 radical (unpaired) electrons. The number of fused-ring (bicyclic) bond motifs is 1. The van der Waals surface area contributed by atoms with E-state index < -0.39 is 12.7 Å². The number of nitrogens with zero attached hydrogens (tertiary/aromatic N) is 1. The number of hydrogen-bond donors (Lipinski definition) is 1. The Morgan fingerprint density at radius 3 is 2.65 bits per heavy atom. The highest BCUT2D eigenvalue weighted by atomic mass is 19.4. The maximum Gasteiger partial charge on any atom is 0.405 e. The highest BCUT2D eigenvalue weighted by Crippen LogP contribution is 2.31. The Morgan fingerprint density at radius 2 is 2.05 bits per heavy atom. The van der Waals surface area contributed by atoms with Crippen LogP contribution in [0.1, 0.15) is 32.8 Å². The van der Waals surface area contributed by atoms with E-state index in [4.69, 9.17) is 0 Å². The second-order valence-electron chi connectivity index (χ2n) is 5.76. The van der Waals surface area contributed by atoms with Gasteiger partial charge in [-0.05, 0) is 57.4 Å². The van der Waals surface area contributed by atoms with E-state index in [0.29, 0.717) is 11.7 Å². The number of hydrogen-bond acceptors (Lipinski definition) is 2. The Labute approximate surface area is 118 Å². The molecule has 20 heavy (non-hydrogen) atoms. The van der Waals surface area contributed by atoms with E-state index >= 15 is 0 Å². The van der Waals surface area contributed by atoms with Gasteiger partial charge in [-0.25, -0.2) is 0 Å². The number of aryl methyl sites for hydroxylation is 1. The summed E-state index contributed by atoms with van der Waals surface area (Å²) >= 11 is 0. The van der Waals surface area contributed by atoms with E-state index in [1.807, 2.05) is 12.1 Å². The number of halogens is 3. The molecule has 1 aromatic rings. The van der Waals surface area contributed by atoms with E-state index in [0.717, 1.165) is 24.1 Å². The van der Waals surface area contributed by atoms with Crippen molar-refractivity contribution < 1.29 is 13.2 Å². The van der Waals surface area contributed by atoms with Gasteiger partial charge in [-0.3, -0.25) is 0 Å². The number of rotatable bonds is 3. The van der Waals surface area contributed by atoms with Crippen LogP contribution in [0.2, 0.25) is 0 Å². The van der Waals surface area contributed by atoms with Gasteiger partial charge in [0.1, 0.15) is 6.54 Å². The molecule has 0 saturated heterocycles. The molecule has 1 atom stereocenters. The molecular formula is C15H21F3N2. The fraction of sp³-hybridized carbons (Fsp3) is 0.600. The predicted molar refractivity (Wildman–Crippen MR) is 76.4 cm³/mol. The Bertz CT molecular complexity index is 469. The summed E-state index contributed by atoms with van der Waals surface area (Å²) in [6, 6.07) is 5.79. The summed E-state index contributed by atoms with van der Waals surface area (Å²) in [5, 5.41) is 3.36. The molecule has 2 rings (SSSR count). The van der Waals surface area contributed by atoms with Crippen molar-refractivity contribution in [2.45, 2.75) is 51.9 Å². The molecule has 0 spiro atoms. The molecule has 1 heterocycles. The van der Waals surface area contributed by atoms with Crippen molar-refractivity contribution in [3.63, 3.8) is 0 Å². The number of anilines is 2. The molecule has 5 heteroatoms. The highest BCUT2D eigenvalue weighted by molar-refractivity contribution is 5.62. The quantitative estimate of drug-likeness (QED) is 0.895. The fourth-order valence-corrected chi connectivity index (χ4v) is 2.58. The van der Waals surface area contributed by atoms with E-state index in [1.54, 1.807) is 19.9 Å². The van der Waals surface area contributed by atoms with Crippen LogP contribution in [0.25, 0.3) is 0 Å². The zero-order valence-electron chi connectivity index (χ0n) is 12.1. The first-order valence-electron chi connectivity index (χ1n) is 6.99. The lowest BCUT2D eigenvalue weighted by atomic mass is 9.98. The highest BCUT2D eigenvalue weighted by Gasteiger charge is 2.32. The molecule has 1 aliphatic heterocycles. The topological polar surface area (TPSA) is 15.3 Å². The van der Waals surface area contributed by atoms with Crippen molar-refractivity contribution >= 4 is 11.4 Å². The van der Waals surface area contributed by atoms with Gasteiger partial charge < -0.3 is 10.2 Å². The van der Waals surface area contributed by atoms with Crippen LogP contribution in [-0.2, 0) is 6.42 Å². The standard InChI is InChI=1S/C15H21F3N2/c1-10(2)20(9-15(16,17)18)13-6-7-14-12(8-13)5-4-11(3)19-14/h6-8,10-11,19H,4-5,9H2,1-3H3. The third-order valence-electron chi connectivity index (χ3n) is 3.64. The van der Waals surface area contributed by atoms with Crippen LogP contribution in [0.3, 0.4) is 0 Å². The summed E-state index contributed by atoms with van der Waals surface area (Å²) < 4.78 is 38.1. The molecule has 0 aromatic heterocycles. The first-order valence-corrected chi connectivity index (χ1v) is 6.99. The summed E-state index contributed by atoms with van der Waals surface area (Å²) in [5.74, 6) is 0. The van der Waals surface area contributed by atoms with Crippen molar-refractivity contribution in [1.29, 1.82) is 0 Å². The summed E-state index contributed by atoms with van der Waals surface area (Å²) in [5.41, 5.74) is 2.80. The lowest BCUT2D eigenvalue weighted by Crippen LogP contribution is -2.39. The van der Waals surface area contributed by atoms with Gasteiger partial charge in [0.2, 0.25) is 0 Å². The van der Waals surface area contributed by atoms with Crippen molar-refractivity contribution in [2.24, 2.45) is 0 Å². The van der Waals surface area contributed by atoms with Crippen LogP contribution >= 0.6 is 0 Å². The summed E-state index contributed by atoms with van der Waals surface area (Å²) in [6.45, 7) is 4.77. The van der Waals surface area contributed by atoms with Gasteiger partial charge in [0.25, 0.3) is 0 Å². The minimum absolute atomic E-state index is 0.190. The van der Waals surface area contributed by atoms with Gasteiger partial charge in [-0.15, -0.1) is 0 Å². The van der Waals surface area contributed by atoms with Gasteiger partial charge in [-0.1, -0.05) is 0 Å². The van der Waals surface area contributed by atoms with Crippen molar-refractivity contribution in [3.05, 3.63) is 23.8 Å².